The number of halogens is 1. The Labute approximate surface area is 113 Å². The van der Waals surface area contributed by atoms with Gasteiger partial charge in [-0.25, -0.2) is 0 Å². The van der Waals surface area contributed by atoms with Crippen LogP contribution in [0.2, 0.25) is 5.02 Å². The third-order valence-corrected chi connectivity index (χ3v) is 3.30. The Morgan fingerprint density at radius 1 is 1.11 bits per heavy atom. The molecule has 3 heteroatoms. The molecule has 94 valence electrons. The molecule has 0 spiro atoms. The molecular weight excluding hydrogens is 244 g/mol. The normalized spacial score (nSPS) is 10.3. The fourth-order valence-corrected chi connectivity index (χ4v) is 2.13. The van der Waals surface area contributed by atoms with Crippen molar-refractivity contribution in [3.63, 3.8) is 0 Å². The van der Waals surface area contributed by atoms with Crippen LogP contribution in [-0.2, 0) is 6.54 Å². The lowest BCUT2D eigenvalue weighted by atomic mass is 10.2. The van der Waals surface area contributed by atoms with Crippen molar-refractivity contribution in [3.8, 4) is 0 Å². The predicted molar refractivity (Wildman–Crippen MR) is 79.0 cm³/mol. The molecule has 0 aliphatic heterocycles. The topological polar surface area (TPSA) is 29.3 Å². The van der Waals surface area contributed by atoms with Crippen molar-refractivity contribution in [2.75, 3.05) is 17.2 Å². The summed E-state index contributed by atoms with van der Waals surface area (Å²) in [5, 5.41) is 0.805. The van der Waals surface area contributed by atoms with E-state index in [2.05, 4.69) is 24.0 Å². The van der Waals surface area contributed by atoms with Crippen molar-refractivity contribution in [2.45, 2.75) is 13.5 Å². The van der Waals surface area contributed by atoms with E-state index in [0.29, 0.717) is 0 Å². The van der Waals surface area contributed by atoms with Crippen LogP contribution < -0.4 is 10.6 Å². The third kappa shape index (κ3) is 2.96. The quantitative estimate of drug-likeness (QED) is 0.844. The van der Waals surface area contributed by atoms with Crippen molar-refractivity contribution >= 4 is 23.0 Å². The molecule has 2 rings (SSSR count). The fourth-order valence-electron chi connectivity index (χ4n) is 1.94. The van der Waals surface area contributed by atoms with Crippen LogP contribution in [0.25, 0.3) is 0 Å². The van der Waals surface area contributed by atoms with Gasteiger partial charge in [-0.2, -0.15) is 0 Å². The molecule has 0 unspecified atom stereocenters. The van der Waals surface area contributed by atoms with Crippen molar-refractivity contribution in [1.82, 2.24) is 0 Å². The predicted octanol–water partition coefficient (Wildman–Crippen LogP) is 3.95. The van der Waals surface area contributed by atoms with E-state index in [-0.39, 0.29) is 0 Å². The maximum absolute atomic E-state index is 6.19. The van der Waals surface area contributed by atoms with Crippen LogP contribution in [0.4, 0.5) is 11.4 Å². The maximum Gasteiger partial charge on any atom is 0.0455 e. The Kier molecular flexibility index (Phi) is 4.11. The summed E-state index contributed by atoms with van der Waals surface area (Å²) in [6, 6.07) is 15.8. The minimum absolute atomic E-state index is 0.783. The Hall–Kier alpha value is -1.67. The summed E-state index contributed by atoms with van der Waals surface area (Å²) in [4.78, 5) is 2.25. The molecule has 2 aromatic carbocycles. The average molecular weight is 261 g/mol. The Balaban J connectivity index is 2.23. The molecule has 0 radical (unpaired) electrons. The Morgan fingerprint density at radius 2 is 1.89 bits per heavy atom. The van der Waals surface area contributed by atoms with E-state index in [1.165, 1.54) is 0 Å². The minimum Gasteiger partial charge on any atom is -0.399 e. The summed E-state index contributed by atoms with van der Waals surface area (Å²) >= 11 is 6.19. The fraction of sp³-hybridized carbons (Fsp3) is 0.200. The summed E-state index contributed by atoms with van der Waals surface area (Å²) < 4.78 is 0. The van der Waals surface area contributed by atoms with Gasteiger partial charge in [0.25, 0.3) is 0 Å². The van der Waals surface area contributed by atoms with Gasteiger partial charge in [0.1, 0.15) is 0 Å². The molecule has 0 aliphatic rings. The van der Waals surface area contributed by atoms with Crippen LogP contribution in [0.15, 0.2) is 48.5 Å². The van der Waals surface area contributed by atoms with Gasteiger partial charge in [0.15, 0.2) is 0 Å². The van der Waals surface area contributed by atoms with Crippen molar-refractivity contribution in [1.29, 1.82) is 0 Å². The Morgan fingerprint density at radius 3 is 2.56 bits per heavy atom. The lowest BCUT2D eigenvalue weighted by Crippen LogP contribution is -2.22. The molecule has 0 aromatic heterocycles. The van der Waals surface area contributed by atoms with Crippen LogP contribution >= 0.6 is 11.6 Å². The number of hydrogen-bond acceptors (Lipinski definition) is 2. The maximum atomic E-state index is 6.19. The van der Waals surface area contributed by atoms with E-state index in [0.717, 1.165) is 35.1 Å². The molecule has 18 heavy (non-hydrogen) atoms. The SMILES string of the molecule is CCN(Cc1ccccc1Cl)c1cccc(N)c1. The number of anilines is 2. The van der Waals surface area contributed by atoms with Crippen LogP contribution in [0.3, 0.4) is 0 Å². The number of nitrogen functional groups attached to an aromatic ring is 1. The molecule has 0 fully saturated rings. The van der Waals surface area contributed by atoms with Gasteiger partial charge in [-0.15, -0.1) is 0 Å². The number of rotatable bonds is 4. The summed E-state index contributed by atoms with van der Waals surface area (Å²) in [5.41, 5.74) is 8.85. The molecule has 2 aromatic rings. The molecule has 0 aliphatic carbocycles. The zero-order valence-electron chi connectivity index (χ0n) is 10.4. The molecule has 0 saturated carbocycles. The molecule has 0 atom stereocenters. The first-order valence-corrected chi connectivity index (χ1v) is 6.42. The number of nitrogens with zero attached hydrogens (tertiary/aromatic N) is 1. The van der Waals surface area contributed by atoms with Gasteiger partial charge in [-0.3, -0.25) is 0 Å². The lowest BCUT2D eigenvalue weighted by molar-refractivity contribution is 0.832. The first-order chi connectivity index (χ1) is 8.70. The van der Waals surface area contributed by atoms with Gasteiger partial charge in [-0.05, 0) is 36.8 Å². The Bertz CT molecular complexity index is 525. The molecule has 0 amide bonds. The highest BCUT2D eigenvalue weighted by molar-refractivity contribution is 6.31. The smallest absolute Gasteiger partial charge is 0.0455 e. The number of benzene rings is 2. The largest absolute Gasteiger partial charge is 0.399 e. The molecular formula is C15H17ClN2. The second kappa shape index (κ2) is 5.78. The number of hydrogen-bond donors (Lipinski definition) is 1. The van der Waals surface area contributed by atoms with E-state index < -0.39 is 0 Å². The highest BCUT2D eigenvalue weighted by Crippen LogP contribution is 2.22. The van der Waals surface area contributed by atoms with Crippen molar-refractivity contribution in [3.05, 3.63) is 59.1 Å². The van der Waals surface area contributed by atoms with E-state index in [9.17, 15) is 0 Å². The number of nitrogens with two attached hydrogens (primary N) is 1. The molecule has 2 nitrogen and oxygen atoms in total. The van der Waals surface area contributed by atoms with Gasteiger partial charge in [0.05, 0.1) is 0 Å². The minimum atomic E-state index is 0.783. The van der Waals surface area contributed by atoms with Gasteiger partial charge in [0, 0.05) is 29.5 Å². The average Bonchev–Trinajstić information content (AvgIpc) is 2.38. The molecule has 0 bridgehead atoms. The van der Waals surface area contributed by atoms with E-state index in [1.54, 1.807) is 0 Å². The van der Waals surface area contributed by atoms with E-state index >= 15 is 0 Å². The summed E-state index contributed by atoms with van der Waals surface area (Å²) in [6.07, 6.45) is 0. The highest BCUT2D eigenvalue weighted by atomic mass is 35.5. The third-order valence-electron chi connectivity index (χ3n) is 2.94. The van der Waals surface area contributed by atoms with Crippen molar-refractivity contribution in [2.24, 2.45) is 0 Å². The van der Waals surface area contributed by atoms with Crippen LogP contribution in [0.1, 0.15) is 12.5 Å². The second-order valence-corrected chi connectivity index (χ2v) is 4.61. The van der Waals surface area contributed by atoms with Gasteiger partial charge in [-0.1, -0.05) is 35.9 Å². The zero-order valence-corrected chi connectivity index (χ0v) is 11.2. The zero-order chi connectivity index (χ0) is 13.0. The van der Waals surface area contributed by atoms with Gasteiger partial charge in [0.2, 0.25) is 0 Å². The lowest BCUT2D eigenvalue weighted by Gasteiger charge is -2.24. The molecule has 0 saturated heterocycles. The first kappa shape index (κ1) is 12.8. The summed E-state index contributed by atoms with van der Waals surface area (Å²) in [5.74, 6) is 0. The van der Waals surface area contributed by atoms with Crippen LogP contribution in [-0.4, -0.2) is 6.54 Å². The second-order valence-electron chi connectivity index (χ2n) is 4.20. The molecule has 0 heterocycles. The standard InChI is InChI=1S/C15H17ClN2/c1-2-18(14-8-5-7-13(17)10-14)11-12-6-3-4-9-15(12)16/h3-10H,2,11,17H2,1H3. The van der Waals surface area contributed by atoms with Crippen LogP contribution in [0.5, 0.6) is 0 Å². The summed E-state index contributed by atoms with van der Waals surface area (Å²) in [7, 11) is 0. The monoisotopic (exact) mass is 260 g/mol. The van der Waals surface area contributed by atoms with Gasteiger partial charge < -0.3 is 10.6 Å². The first-order valence-electron chi connectivity index (χ1n) is 6.04. The molecule has 2 N–H and O–H groups in total. The highest BCUT2D eigenvalue weighted by Gasteiger charge is 2.07. The van der Waals surface area contributed by atoms with Crippen LogP contribution in [0, 0.1) is 0 Å². The van der Waals surface area contributed by atoms with Gasteiger partial charge >= 0.3 is 0 Å². The van der Waals surface area contributed by atoms with E-state index in [4.69, 9.17) is 17.3 Å². The van der Waals surface area contributed by atoms with Crippen molar-refractivity contribution < 1.29 is 0 Å². The summed E-state index contributed by atoms with van der Waals surface area (Å²) in [6.45, 7) is 3.83. The van der Waals surface area contributed by atoms with E-state index in [1.807, 2.05) is 36.4 Å².